The van der Waals surface area contributed by atoms with Crippen molar-refractivity contribution < 1.29 is 4.79 Å². The molecule has 1 amide bonds. The fraction of sp³-hybridized carbons (Fsp3) is 0.500. The van der Waals surface area contributed by atoms with E-state index in [2.05, 4.69) is 23.5 Å². The van der Waals surface area contributed by atoms with Crippen LogP contribution in [0.25, 0.3) is 0 Å². The highest BCUT2D eigenvalue weighted by Crippen LogP contribution is 2.28. The SMILES string of the molecule is O=C1CCCCN1c1ccc2c(c1)CCCN2. The Labute approximate surface area is 102 Å². The maximum absolute atomic E-state index is 11.9. The van der Waals surface area contributed by atoms with Crippen LogP contribution < -0.4 is 10.2 Å². The maximum Gasteiger partial charge on any atom is 0.226 e. The molecule has 2 heterocycles. The second-order valence-electron chi connectivity index (χ2n) is 4.87. The van der Waals surface area contributed by atoms with Crippen molar-refractivity contribution in [2.24, 2.45) is 0 Å². The number of aryl methyl sites for hydroxylation is 1. The zero-order valence-electron chi connectivity index (χ0n) is 10.0. The summed E-state index contributed by atoms with van der Waals surface area (Å²) in [4.78, 5) is 13.8. The van der Waals surface area contributed by atoms with Gasteiger partial charge in [-0.05, 0) is 49.4 Å². The largest absolute Gasteiger partial charge is 0.385 e. The first-order valence-electron chi connectivity index (χ1n) is 6.52. The molecule has 17 heavy (non-hydrogen) atoms. The number of carbonyl (C=O) groups is 1. The molecule has 3 rings (SSSR count). The van der Waals surface area contributed by atoms with Crippen LogP contribution in [0.4, 0.5) is 11.4 Å². The van der Waals surface area contributed by atoms with Gasteiger partial charge in [0.1, 0.15) is 0 Å². The Kier molecular flexibility index (Phi) is 2.75. The van der Waals surface area contributed by atoms with E-state index in [-0.39, 0.29) is 5.91 Å². The monoisotopic (exact) mass is 230 g/mol. The zero-order valence-corrected chi connectivity index (χ0v) is 10.0. The van der Waals surface area contributed by atoms with E-state index in [1.165, 1.54) is 17.7 Å². The van der Waals surface area contributed by atoms with Gasteiger partial charge in [0.25, 0.3) is 0 Å². The van der Waals surface area contributed by atoms with Gasteiger partial charge >= 0.3 is 0 Å². The summed E-state index contributed by atoms with van der Waals surface area (Å²) in [6, 6.07) is 6.37. The molecule has 3 nitrogen and oxygen atoms in total. The molecule has 1 fully saturated rings. The number of nitrogens with zero attached hydrogens (tertiary/aromatic N) is 1. The van der Waals surface area contributed by atoms with Gasteiger partial charge in [0.2, 0.25) is 5.91 Å². The lowest BCUT2D eigenvalue weighted by Gasteiger charge is -2.28. The third-order valence-electron chi connectivity index (χ3n) is 3.66. The summed E-state index contributed by atoms with van der Waals surface area (Å²) >= 11 is 0. The van der Waals surface area contributed by atoms with Crippen LogP contribution in [0.1, 0.15) is 31.2 Å². The fourth-order valence-electron chi connectivity index (χ4n) is 2.71. The Morgan fingerprint density at radius 3 is 2.94 bits per heavy atom. The number of benzene rings is 1. The number of piperidine rings is 1. The average molecular weight is 230 g/mol. The quantitative estimate of drug-likeness (QED) is 0.804. The van der Waals surface area contributed by atoms with E-state index in [4.69, 9.17) is 0 Å². The number of fused-ring (bicyclic) bond motifs is 1. The highest BCUT2D eigenvalue weighted by Gasteiger charge is 2.20. The molecule has 0 aromatic heterocycles. The summed E-state index contributed by atoms with van der Waals surface area (Å²) in [5.41, 5.74) is 3.67. The van der Waals surface area contributed by atoms with Gasteiger partial charge in [0, 0.05) is 30.9 Å². The molecule has 1 N–H and O–H groups in total. The summed E-state index contributed by atoms with van der Waals surface area (Å²) in [7, 11) is 0. The van der Waals surface area contributed by atoms with Crippen molar-refractivity contribution in [1.29, 1.82) is 0 Å². The molecule has 0 bridgehead atoms. The standard InChI is InChI=1S/C14H18N2O/c17-14-5-1-2-9-16(14)12-6-7-13-11(10-12)4-3-8-15-13/h6-7,10,15H,1-5,8-9H2. The summed E-state index contributed by atoms with van der Waals surface area (Å²) in [6.07, 6.45) is 5.18. The number of nitrogens with one attached hydrogen (secondary N) is 1. The van der Waals surface area contributed by atoms with E-state index in [9.17, 15) is 4.79 Å². The molecule has 3 heteroatoms. The van der Waals surface area contributed by atoms with Gasteiger partial charge in [-0.15, -0.1) is 0 Å². The van der Waals surface area contributed by atoms with Crippen LogP contribution in [-0.2, 0) is 11.2 Å². The number of anilines is 2. The van der Waals surface area contributed by atoms with Gasteiger partial charge < -0.3 is 10.2 Å². The molecule has 0 atom stereocenters. The van der Waals surface area contributed by atoms with Crippen molar-refractivity contribution >= 4 is 17.3 Å². The Bertz CT molecular complexity index is 442. The van der Waals surface area contributed by atoms with E-state index in [0.29, 0.717) is 6.42 Å². The van der Waals surface area contributed by atoms with Crippen LogP contribution in [0.15, 0.2) is 18.2 Å². The molecule has 1 aromatic rings. The third kappa shape index (κ3) is 2.02. The molecule has 90 valence electrons. The average Bonchev–Trinajstić information content (AvgIpc) is 2.39. The normalized spacial score (nSPS) is 19.8. The van der Waals surface area contributed by atoms with E-state index < -0.39 is 0 Å². The number of hydrogen-bond donors (Lipinski definition) is 1. The van der Waals surface area contributed by atoms with Crippen LogP contribution in [0, 0.1) is 0 Å². The van der Waals surface area contributed by atoms with E-state index in [1.54, 1.807) is 0 Å². The predicted octanol–water partition coefficient (Wildman–Crippen LogP) is 2.56. The van der Waals surface area contributed by atoms with Gasteiger partial charge in [0.15, 0.2) is 0 Å². The molecule has 2 aliphatic rings. The van der Waals surface area contributed by atoms with Gasteiger partial charge in [-0.2, -0.15) is 0 Å². The van der Waals surface area contributed by atoms with Crippen molar-refractivity contribution in [3.05, 3.63) is 23.8 Å². The lowest BCUT2D eigenvalue weighted by Crippen LogP contribution is -2.35. The van der Waals surface area contributed by atoms with Crippen LogP contribution >= 0.6 is 0 Å². The first kappa shape index (κ1) is 10.6. The third-order valence-corrected chi connectivity index (χ3v) is 3.66. The lowest BCUT2D eigenvalue weighted by atomic mass is 10.0. The van der Waals surface area contributed by atoms with Crippen LogP contribution in [0.2, 0.25) is 0 Å². The van der Waals surface area contributed by atoms with Crippen LogP contribution in [0.5, 0.6) is 0 Å². The summed E-state index contributed by atoms with van der Waals surface area (Å²) < 4.78 is 0. The Hall–Kier alpha value is -1.51. The number of carbonyl (C=O) groups excluding carboxylic acids is 1. The second-order valence-corrected chi connectivity index (χ2v) is 4.87. The fourth-order valence-corrected chi connectivity index (χ4v) is 2.71. The van der Waals surface area contributed by atoms with Gasteiger partial charge in [-0.1, -0.05) is 0 Å². The van der Waals surface area contributed by atoms with Crippen LogP contribution in [-0.4, -0.2) is 19.0 Å². The van der Waals surface area contributed by atoms with Crippen molar-refractivity contribution in [1.82, 2.24) is 0 Å². The van der Waals surface area contributed by atoms with Gasteiger partial charge in [-0.25, -0.2) is 0 Å². The first-order valence-corrected chi connectivity index (χ1v) is 6.52. The van der Waals surface area contributed by atoms with Gasteiger partial charge in [-0.3, -0.25) is 4.79 Å². The molecule has 0 aliphatic carbocycles. The minimum atomic E-state index is 0.278. The highest BCUT2D eigenvalue weighted by molar-refractivity contribution is 5.94. The Morgan fingerprint density at radius 1 is 1.12 bits per heavy atom. The molecule has 1 saturated heterocycles. The first-order chi connectivity index (χ1) is 8.34. The van der Waals surface area contributed by atoms with Crippen molar-refractivity contribution in [2.75, 3.05) is 23.3 Å². The highest BCUT2D eigenvalue weighted by atomic mass is 16.2. The molecule has 1 aromatic carbocycles. The zero-order chi connectivity index (χ0) is 11.7. The Balaban J connectivity index is 1.89. The number of amides is 1. The Morgan fingerprint density at radius 2 is 2.06 bits per heavy atom. The summed E-state index contributed by atoms with van der Waals surface area (Å²) in [5, 5.41) is 3.40. The van der Waals surface area contributed by atoms with E-state index >= 15 is 0 Å². The molecular weight excluding hydrogens is 212 g/mol. The van der Waals surface area contributed by atoms with Crippen molar-refractivity contribution in [2.45, 2.75) is 32.1 Å². The van der Waals surface area contributed by atoms with Crippen LogP contribution in [0.3, 0.4) is 0 Å². The van der Waals surface area contributed by atoms with Crippen molar-refractivity contribution in [3.63, 3.8) is 0 Å². The molecular formula is C14H18N2O. The summed E-state index contributed by atoms with van der Waals surface area (Å²) in [6.45, 7) is 1.94. The van der Waals surface area contributed by atoms with E-state index in [1.807, 2.05) is 4.90 Å². The molecule has 0 spiro atoms. The number of rotatable bonds is 1. The smallest absolute Gasteiger partial charge is 0.226 e. The lowest BCUT2D eigenvalue weighted by molar-refractivity contribution is -0.119. The molecule has 0 radical (unpaired) electrons. The maximum atomic E-state index is 11.9. The number of hydrogen-bond acceptors (Lipinski definition) is 2. The topological polar surface area (TPSA) is 32.3 Å². The van der Waals surface area contributed by atoms with Crippen molar-refractivity contribution in [3.8, 4) is 0 Å². The second kappa shape index (κ2) is 4.40. The summed E-state index contributed by atoms with van der Waals surface area (Å²) in [5.74, 6) is 0.278. The molecule has 0 saturated carbocycles. The minimum Gasteiger partial charge on any atom is -0.385 e. The van der Waals surface area contributed by atoms with E-state index in [0.717, 1.165) is 38.0 Å². The minimum absolute atomic E-state index is 0.278. The molecule has 2 aliphatic heterocycles. The van der Waals surface area contributed by atoms with Gasteiger partial charge in [0.05, 0.1) is 0 Å². The molecule has 0 unspecified atom stereocenters. The predicted molar refractivity (Wildman–Crippen MR) is 69.5 cm³/mol.